The number of benzene rings is 2. The Hall–Kier alpha value is -3.96. The number of carbonyl (C=O) groups excluding carboxylic acids is 3. The van der Waals surface area contributed by atoms with E-state index in [0.717, 1.165) is 5.56 Å². The van der Waals surface area contributed by atoms with Crippen molar-refractivity contribution in [2.45, 2.75) is 56.5 Å². The summed E-state index contributed by atoms with van der Waals surface area (Å²) in [6.07, 6.45) is -4.53. The van der Waals surface area contributed by atoms with Gasteiger partial charge < -0.3 is 37.0 Å². The smallest absolute Gasteiger partial charge is 0.490 e. The minimum absolute atomic E-state index is 0.0671. The number of aromatic hydroxyl groups is 1. The molecule has 45 heavy (non-hydrogen) atoms. The fraction of sp³-hybridized carbons (Fsp3) is 0.393. The van der Waals surface area contributed by atoms with Gasteiger partial charge in [-0.25, -0.2) is 4.79 Å². The number of phenolic OH excluding ortho intramolecular Hbond substituents is 1. The third-order valence-corrected chi connectivity index (χ3v) is 8.62. The van der Waals surface area contributed by atoms with Crippen molar-refractivity contribution < 1.29 is 52.5 Å². The first-order valence-corrected chi connectivity index (χ1v) is 15.9. The molecule has 1 aliphatic heterocycles. The van der Waals surface area contributed by atoms with Crippen molar-refractivity contribution in [3.05, 3.63) is 65.2 Å². The Morgan fingerprint density at radius 1 is 0.978 bits per heavy atom. The average molecular weight is 675 g/mol. The first kappa shape index (κ1) is 37.2. The van der Waals surface area contributed by atoms with Crippen molar-refractivity contribution >= 4 is 51.2 Å². The van der Waals surface area contributed by atoms with Crippen LogP contribution in [-0.2, 0) is 43.4 Å². The predicted molar refractivity (Wildman–Crippen MR) is 161 cm³/mol. The van der Waals surface area contributed by atoms with Crippen LogP contribution < -0.4 is 21.7 Å². The van der Waals surface area contributed by atoms with E-state index in [-0.39, 0.29) is 37.0 Å². The first-order valence-electron chi connectivity index (χ1n) is 13.4. The zero-order valence-electron chi connectivity index (χ0n) is 23.7. The lowest BCUT2D eigenvalue weighted by atomic mass is 10.0. The summed E-state index contributed by atoms with van der Waals surface area (Å²) in [4.78, 5) is 58.8. The van der Waals surface area contributed by atoms with E-state index >= 15 is 0 Å². The minimum atomic E-state index is -5.08. The molecule has 17 heteroatoms. The van der Waals surface area contributed by atoms with Crippen LogP contribution in [0.1, 0.15) is 29.5 Å². The van der Waals surface area contributed by atoms with Crippen LogP contribution in [0.4, 0.5) is 13.2 Å². The van der Waals surface area contributed by atoms with E-state index < -0.39 is 42.1 Å². The molecule has 246 valence electrons. The van der Waals surface area contributed by atoms with Gasteiger partial charge in [0, 0.05) is 30.5 Å². The molecule has 0 saturated carbocycles. The summed E-state index contributed by atoms with van der Waals surface area (Å²) in [5.74, 6) is -3.85. The third-order valence-electron chi connectivity index (χ3n) is 6.17. The Kier molecular flexibility index (Phi) is 15.0. The summed E-state index contributed by atoms with van der Waals surface area (Å²) in [6.45, 7) is 0.126. The number of hydrogen-bond acceptors (Lipinski definition) is 9. The van der Waals surface area contributed by atoms with E-state index in [1.807, 2.05) is 0 Å². The first-order chi connectivity index (χ1) is 21.1. The summed E-state index contributed by atoms with van der Waals surface area (Å²) in [6, 6.07) is 11.4. The molecule has 1 aliphatic rings. The molecule has 3 atom stereocenters. The van der Waals surface area contributed by atoms with Crippen LogP contribution in [-0.4, -0.2) is 80.8 Å². The molecule has 0 spiro atoms. The summed E-state index contributed by atoms with van der Waals surface area (Å²) in [7, 11) is 2.87. The summed E-state index contributed by atoms with van der Waals surface area (Å²) >= 11 is 0. The molecule has 1 fully saturated rings. The molecule has 0 aromatic heterocycles. The Balaban J connectivity index is 0.000000900. The standard InChI is InChI=1S/C26H32N4O6S2.C2HF3O2/c27-21-9-10-37-38-15-22(26(36)28-14-18-4-2-1-3-17(18)12-24(33)34)30-23(32)13-19(29-25(21)35)11-16-5-7-20(31)8-6-16;3-2(4,5)1(6)7/h1-8,19,21-22,31H,9-15,27H2,(H,28,36)(H,29,35)(H,30,32)(H,33,34);(H,6,7)/t19-,21-,22+;/m0./s1. The number of carbonyl (C=O) groups is 5. The van der Waals surface area contributed by atoms with Crippen LogP contribution in [0.5, 0.6) is 5.75 Å². The highest BCUT2D eigenvalue weighted by Gasteiger charge is 2.38. The van der Waals surface area contributed by atoms with E-state index in [1.54, 1.807) is 36.4 Å². The molecular weight excluding hydrogens is 641 g/mol. The Bertz CT molecular complexity index is 1330. The number of amides is 3. The van der Waals surface area contributed by atoms with Gasteiger partial charge in [0.25, 0.3) is 0 Å². The van der Waals surface area contributed by atoms with Crippen LogP contribution >= 0.6 is 21.6 Å². The van der Waals surface area contributed by atoms with Gasteiger partial charge in [-0.2, -0.15) is 13.2 Å². The van der Waals surface area contributed by atoms with Gasteiger partial charge in [-0.3, -0.25) is 19.2 Å². The number of hydrogen-bond donors (Lipinski definition) is 7. The van der Waals surface area contributed by atoms with Crippen molar-refractivity contribution in [1.82, 2.24) is 16.0 Å². The third kappa shape index (κ3) is 14.1. The SMILES string of the molecule is N[C@H]1CCSSC[C@H](C(=O)NCc2ccccc2CC(=O)O)NC(=O)C[C@H](Cc2ccc(O)cc2)NC1=O.O=C(O)C(F)(F)F. The van der Waals surface area contributed by atoms with Crippen molar-refractivity contribution in [2.24, 2.45) is 5.73 Å². The zero-order valence-corrected chi connectivity index (χ0v) is 25.3. The van der Waals surface area contributed by atoms with Crippen LogP contribution in [0.15, 0.2) is 48.5 Å². The summed E-state index contributed by atoms with van der Waals surface area (Å²) in [5, 5.41) is 34.3. The van der Waals surface area contributed by atoms with Crippen LogP contribution in [0, 0.1) is 0 Å². The van der Waals surface area contributed by atoms with Crippen molar-refractivity contribution in [1.29, 1.82) is 0 Å². The number of phenols is 1. The number of nitrogens with one attached hydrogen (secondary N) is 3. The number of carboxylic acids is 2. The molecule has 3 rings (SSSR count). The molecule has 8 N–H and O–H groups in total. The molecule has 0 radical (unpaired) electrons. The lowest BCUT2D eigenvalue weighted by Gasteiger charge is -2.22. The minimum Gasteiger partial charge on any atom is -0.508 e. The lowest BCUT2D eigenvalue weighted by molar-refractivity contribution is -0.192. The number of nitrogens with two attached hydrogens (primary N) is 1. The monoisotopic (exact) mass is 674 g/mol. The van der Waals surface area contributed by atoms with Crippen LogP contribution in [0.25, 0.3) is 0 Å². The maximum absolute atomic E-state index is 13.1. The van der Waals surface area contributed by atoms with Crippen molar-refractivity contribution in [2.75, 3.05) is 11.5 Å². The molecule has 3 amide bonds. The zero-order chi connectivity index (χ0) is 33.6. The molecule has 0 bridgehead atoms. The summed E-state index contributed by atoms with van der Waals surface area (Å²) < 4.78 is 31.7. The van der Waals surface area contributed by atoms with Crippen molar-refractivity contribution in [3.63, 3.8) is 0 Å². The molecule has 2 aromatic rings. The van der Waals surface area contributed by atoms with E-state index in [2.05, 4.69) is 16.0 Å². The van der Waals surface area contributed by atoms with Gasteiger partial charge in [-0.15, -0.1) is 0 Å². The van der Waals surface area contributed by atoms with Crippen molar-refractivity contribution in [3.8, 4) is 5.75 Å². The number of halogens is 3. The quantitative estimate of drug-likeness (QED) is 0.211. The Morgan fingerprint density at radius 3 is 2.20 bits per heavy atom. The Morgan fingerprint density at radius 2 is 1.60 bits per heavy atom. The van der Waals surface area contributed by atoms with Crippen LogP contribution in [0.3, 0.4) is 0 Å². The van der Waals surface area contributed by atoms with Gasteiger partial charge in [0.15, 0.2) is 0 Å². The average Bonchev–Trinajstić information content (AvgIpc) is 2.96. The number of rotatable bonds is 7. The van der Waals surface area contributed by atoms with Gasteiger partial charge in [0.05, 0.1) is 12.5 Å². The van der Waals surface area contributed by atoms with E-state index in [4.69, 9.17) is 20.7 Å². The molecule has 2 aromatic carbocycles. The lowest BCUT2D eigenvalue weighted by Crippen LogP contribution is -2.51. The van der Waals surface area contributed by atoms with Crippen LogP contribution in [0.2, 0.25) is 0 Å². The fourth-order valence-corrected chi connectivity index (χ4v) is 6.19. The molecular formula is C28H33F3N4O8S2. The molecule has 12 nitrogen and oxygen atoms in total. The number of aliphatic carboxylic acids is 2. The van der Waals surface area contributed by atoms with E-state index in [9.17, 15) is 37.5 Å². The number of carboxylic acid groups (broad SMARTS) is 2. The van der Waals surface area contributed by atoms with E-state index in [1.165, 1.54) is 33.7 Å². The van der Waals surface area contributed by atoms with Gasteiger partial charge in [0.2, 0.25) is 17.7 Å². The second-order valence-corrected chi connectivity index (χ2v) is 12.4. The molecule has 1 heterocycles. The normalized spacial score (nSPS) is 19.6. The van der Waals surface area contributed by atoms with Gasteiger partial charge in [-0.05, 0) is 41.7 Å². The second kappa shape index (κ2) is 18.1. The highest BCUT2D eigenvalue weighted by molar-refractivity contribution is 8.76. The fourth-order valence-electron chi connectivity index (χ4n) is 3.91. The molecule has 1 saturated heterocycles. The van der Waals surface area contributed by atoms with E-state index in [0.29, 0.717) is 35.5 Å². The molecule has 0 aliphatic carbocycles. The topological polar surface area (TPSA) is 208 Å². The second-order valence-electron chi connectivity index (χ2n) is 9.76. The Labute approximate surface area is 264 Å². The maximum Gasteiger partial charge on any atom is 0.490 e. The molecule has 0 unspecified atom stereocenters. The highest BCUT2D eigenvalue weighted by atomic mass is 33.1. The maximum atomic E-state index is 13.1. The number of alkyl halides is 3. The van der Waals surface area contributed by atoms with Gasteiger partial charge in [-0.1, -0.05) is 58.0 Å². The highest BCUT2D eigenvalue weighted by Crippen LogP contribution is 2.24. The van der Waals surface area contributed by atoms with Gasteiger partial charge >= 0.3 is 18.1 Å². The largest absolute Gasteiger partial charge is 0.508 e. The predicted octanol–water partition coefficient (Wildman–Crippen LogP) is 1.98. The van der Waals surface area contributed by atoms with Gasteiger partial charge in [0.1, 0.15) is 11.8 Å². The summed E-state index contributed by atoms with van der Waals surface area (Å²) in [5.41, 5.74) is 8.16.